The maximum absolute atomic E-state index is 12.7. The first-order valence-corrected chi connectivity index (χ1v) is 11.6. The minimum Gasteiger partial charge on any atom is -0.493 e. The van der Waals surface area contributed by atoms with Crippen LogP contribution in [0, 0.1) is 5.92 Å². The Morgan fingerprint density at radius 3 is 2.34 bits per heavy atom. The Kier molecular flexibility index (Phi) is 8.62. The van der Waals surface area contributed by atoms with Crippen LogP contribution >= 0.6 is 12.2 Å². The van der Waals surface area contributed by atoms with E-state index < -0.39 is 0 Å². The smallest absolute Gasteiger partial charge is 0.257 e. The van der Waals surface area contributed by atoms with Crippen molar-refractivity contribution < 1.29 is 14.3 Å². The van der Waals surface area contributed by atoms with Gasteiger partial charge in [0.2, 0.25) is 0 Å². The lowest BCUT2D eigenvalue weighted by Gasteiger charge is -2.20. The van der Waals surface area contributed by atoms with Gasteiger partial charge in [-0.25, -0.2) is 0 Å². The first-order valence-electron chi connectivity index (χ1n) is 11.2. The molecule has 3 rings (SSSR count). The van der Waals surface area contributed by atoms with Crippen LogP contribution in [0.25, 0.3) is 0 Å². The molecule has 0 aliphatic carbocycles. The average Bonchev–Trinajstić information content (AvgIpc) is 3.07. The normalized spacial score (nSPS) is 13.9. The summed E-state index contributed by atoms with van der Waals surface area (Å²) >= 11 is 5.28. The van der Waals surface area contributed by atoms with Crippen molar-refractivity contribution >= 4 is 34.8 Å². The molecule has 1 aliphatic rings. The summed E-state index contributed by atoms with van der Waals surface area (Å²) < 4.78 is 5.68. The molecule has 0 aromatic heterocycles. The summed E-state index contributed by atoms with van der Waals surface area (Å²) in [4.78, 5) is 27.2. The van der Waals surface area contributed by atoms with E-state index in [1.165, 1.54) is 12.8 Å². The Bertz CT molecular complexity index is 936. The largest absolute Gasteiger partial charge is 0.493 e. The van der Waals surface area contributed by atoms with Gasteiger partial charge in [0.25, 0.3) is 11.8 Å². The number of anilines is 1. The molecule has 2 amide bonds. The second kappa shape index (κ2) is 11.6. The van der Waals surface area contributed by atoms with Crippen molar-refractivity contribution in [3.63, 3.8) is 0 Å². The van der Waals surface area contributed by atoms with E-state index in [0.717, 1.165) is 25.9 Å². The third kappa shape index (κ3) is 7.05. The average molecular weight is 454 g/mol. The van der Waals surface area contributed by atoms with Gasteiger partial charge in [-0.05, 0) is 73.4 Å². The van der Waals surface area contributed by atoms with Gasteiger partial charge < -0.3 is 15.0 Å². The van der Waals surface area contributed by atoms with Crippen molar-refractivity contribution in [3.8, 4) is 5.75 Å². The van der Waals surface area contributed by atoms with Crippen LogP contribution in [0.2, 0.25) is 0 Å². The van der Waals surface area contributed by atoms with Crippen molar-refractivity contribution in [2.45, 2.75) is 39.5 Å². The molecular formula is C25H31N3O3S. The van der Waals surface area contributed by atoms with E-state index in [4.69, 9.17) is 17.0 Å². The molecule has 7 heteroatoms. The maximum atomic E-state index is 12.7. The van der Waals surface area contributed by atoms with E-state index in [0.29, 0.717) is 35.1 Å². The molecular weight excluding hydrogens is 422 g/mol. The van der Waals surface area contributed by atoms with Gasteiger partial charge in [-0.3, -0.25) is 14.9 Å². The number of rotatable bonds is 6. The number of ether oxygens (including phenoxy) is 1. The summed E-state index contributed by atoms with van der Waals surface area (Å²) in [5.74, 6) is 0.796. The zero-order valence-corrected chi connectivity index (χ0v) is 19.5. The summed E-state index contributed by atoms with van der Waals surface area (Å²) in [6, 6.07) is 14.2. The van der Waals surface area contributed by atoms with Gasteiger partial charge in [0.05, 0.1) is 6.61 Å². The summed E-state index contributed by atoms with van der Waals surface area (Å²) in [5, 5.41) is 5.87. The highest BCUT2D eigenvalue weighted by molar-refractivity contribution is 7.80. The van der Waals surface area contributed by atoms with Crippen molar-refractivity contribution in [1.82, 2.24) is 10.2 Å². The zero-order chi connectivity index (χ0) is 22.9. The summed E-state index contributed by atoms with van der Waals surface area (Å²) in [6.45, 7) is 6.36. The summed E-state index contributed by atoms with van der Waals surface area (Å²) in [6.07, 6.45) is 4.49. The number of carbonyl (C=O) groups is 2. The van der Waals surface area contributed by atoms with E-state index >= 15 is 0 Å². The zero-order valence-electron chi connectivity index (χ0n) is 18.7. The van der Waals surface area contributed by atoms with Crippen LogP contribution in [0.4, 0.5) is 5.69 Å². The lowest BCUT2D eigenvalue weighted by Crippen LogP contribution is -2.34. The minimum atomic E-state index is -0.314. The fourth-order valence-corrected chi connectivity index (χ4v) is 3.69. The molecule has 32 heavy (non-hydrogen) atoms. The van der Waals surface area contributed by atoms with E-state index in [1.54, 1.807) is 42.5 Å². The number of benzene rings is 2. The number of hydrogen-bond donors (Lipinski definition) is 2. The highest BCUT2D eigenvalue weighted by atomic mass is 32.1. The molecule has 0 spiro atoms. The second-order valence-corrected chi connectivity index (χ2v) is 8.83. The molecule has 1 saturated heterocycles. The van der Waals surface area contributed by atoms with Crippen LogP contribution in [-0.2, 0) is 0 Å². The number of nitrogens with one attached hydrogen (secondary N) is 2. The van der Waals surface area contributed by atoms with Crippen molar-refractivity contribution in [2.24, 2.45) is 5.92 Å². The number of likely N-dealkylation sites (tertiary alicyclic amines) is 1. The van der Waals surface area contributed by atoms with Gasteiger partial charge in [0, 0.05) is 29.9 Å². The minimum absolute atomic E-state index is 0.0638. The van der Waals surface area contributed by atoms with E-state index in [1.807, 2.05) is 11.0 Å². The monoisotopic (exact) mass is 453 g/mol. The highest BCUT2D eigenvalue weighted by Gasteiger charge is 2.17. The first kappa shape index (κ1) is 23.7. The maximum Gasteiger partial charge on any atom is 0.257 e. The van der Waals surface area contributed by atoms with Gasteiger partial charge in [-0.15, -0.1) is 0 Å². The molecule has 0 bridgehead atoms. The van der Waals surface area contributed by atoms with Crippen molar-refractivity contribution in [1.29, 1.82) is 0 Å². The Hall–Kier alpha value is -2.93. The topological polar surface area (TPSA) is 70.7 Å². The van der Waals surface area contributed by atoms with Crippen LogP contribution in [0.15, 0.2) is 48.5 Å². The number of carbonyl (C=O) groups excluding carboxylic acids is 2. The number of hydrogen-bond acceptors (Lipinski definition) is 4. The summed E-state index contributed by atoms with van der Waals surface area (Å²) in [7, 11) is 0. The predicted molar refractivity (Wildman–Crippen MR) is 131 cm³/mol. The third-order valence-corrected chi connectivity index (χ3v) is 5.39. The Balaban J connectivity index is 1.54. The highest BCUT2D eigenvalue weighted by Crippen LogP contribution is 2.17. The van der Waals surface area contributed by atoms with E-state index in [-0.39, 0.29) is 16.9 Å². The van der Waals surface area contributed by atoms with Crippen molar-refractivity contribution in [2.75, 3.05) is 25.0 Å². The Morgan fingerprint density at radius 2 is 1.69 bits per heavy atom. The van der Waals surface area contributed by atoms with E-state index in [2.05, 4.69) is 24.5 Å². The van der Waals surface area contributed by atoms with Crippen LogP contribution in [0.1, 0.15) is 60.2 Å². The van der Waals surface area contributed by atoms with Gasteiger partial charge in [-0.1, -0.05) is 32.8 Å². The van der Waals surface area contributed by atoms with Crippen LogP contribution in [-0.4, -0.2) is 41.5 Å². The van der Waals surface area contributed by atoms with Crippen LogP contribution in [0.5, 0.6) is 5.75 Å². The SMILES string of the molecule is CC(C)COc1cccc(C(=O)NC(=S)Nc2ccc(C(=O)N3CCCCCC3)cc2)c1. The fraction of sp³-hybridized carbons (Fsp3) is 0.400. The summed E-state index contributed by atoms with van der Waals surface area (Å²) in [5.41, 5.74) is 1.83. The molecule has 0 unspecified atom stereocenters. The Labute approximate surface area is 195 Å². The molecule has 2 aromatic carbocycles. The molecule has 6 nitrogen and oxygen atoms in total. The lowest BCUT2D eigenvalue weighted by atomic mass is 10.1. The van der Waals surface area contributed by atoms with Gasteiger partial charge in [-0.2, -0.15) is 0 Å². The molecule has 0 saturated carbocycles. The second-order valence-electron chi connectivity index (χ2n) is 8.42. The third-order valence-electron chi connectivity index (χ3n) is 5.19. The molecule has 170 valence electrons. The first-order chi connectivity index (χ1) is 15.4. The number of thiocarbonyl (C=S) groups is 1. The van der Waals surface area contributed by atoms with Gasteiger partial charge >= 0.3 is 0 Å². The standard InChI is InChI=1S/C25H31N3O3S/c1-18(2)17-31-22-9-7-8-20(16-22)23(29)27-25(32)26-21-12-10-19(11-13-21)24(30)28-14-5-3-4-6-15-28/h7-13,16,18H,3-6,14-15,17H2,1-2H3,(H2,26,27,29,32). The molecule has 1 aliphatic heterocycles. The molecule has 1 heterocycles. The number of amides is 2. The van der Waals surface area contributed by atoms with Crippen molar-refractivity contribution in [3.05, 3.63) is 59.7 Å². The van der Waals surface area contributed by atoms with Crippen LogP contribution < -0.4 is 15.4 Å². The molecule has 2 aromatic rings. The van der Waals surface area contributed by atoms with Gasteiger partial charge in [0.15, 0.2) is 5.11 Å². The Morgan fingerprint density at radius 1 is 1.00 bits per heavy atom. The molecule has 1 fully saturated rings. The molecule has 0 radical (unpaired) electrons. The molecule has 0 atom stereocenters. The van der Waals surface area contributed by atoms with Gasteiger partial charge in [0.1, 0.15) is 5.75 Å². The quantitative estimate of drug-likeness (QED) is 0.611. The number of nitrogens with zero attached hydrogens (tertiary/aromatic N) is 1. The molecule has 2 N–H and O–H groups in total. The lowest BCUT2D eigenvalue weighted by molar-refractivity contribution is 0.0761. The van der Waals surface area contributed by atoms with E-state index in [9.17, 15) is 9.59 Å². The predicted octanol–water partition coefficient (Wildman–Crippen LogP) is 4.86. The van der Waals surface area contributed by atoms with Crippen LogP contribution in [0.3, 0.4) is 0 Å². The fourth-order valence-electron chi connectivity index (χ4n) is 3.48.